The van der Waals surface area contributed by atoms with Crippen LogP contribution in [0.2, 0.25) is 0 Å². The number of nitrogens with zero attached hydrogens (tertiary/aromatic N) is 1. The molecule has 17 heteroatoms. The van der Waals surface area contributed by atoms with Crippen LogP contribution < -0.4 is 43.8 Å². The van der Waals surface area contributed by atoms with Crippen LogP contribution >= 0.6 is 22.6 Å². The lowest BCUT2D eigenvalue weighted by atomic mass is 9.92. The molecule has 2 aromatic carbocycles. The first-order chi connectivity index (χ1) is 23.7. The van der Waals surface area contributed by atoms with Crippen LogP contribution in [0.3, 0.4) is 0 Å². The molecule has 0 saturated carbocycles. The Kier molecular flexibility index (Phi) is 15.2. The molecule has 0 aromatic heterocycles. The van der Waals surface area contributed by atoms with Gasteiger partial charge in [-0.25, -0.2) is 0 Å². The lowest BCUT2D eigenvalue weighted by molar-refractivity contribution is -0.144. The number of fused-ring (bicyclic) bond motifs is 1. The molecule has 16 nitrogen and oxygen atoms in total. The molecule has 3 rings (SSSR count). The Morgan fingerprint density at radius 3 is 1.84 bits per heavy atom. The number of halogens is 1. The second-order valence-corrected chi connectivity index (χ2v) is 13.3. The molecule has 0 aliphatic carbocycles. The smallest absolute Gasteiger partial charge is 0.246 e. The fourth-order valence-corrected chi connectivity index (χ4v) is 6.01. The minimum absolute atomic E-state index is 0.0926. The van der Waals surface area contributed by atoms with Crippen molar-refractivity contribution < 1.29 is 24.0 Å². The number of amides is 5. The van der Waals surface area contributed by atoms with Gasteiger partial charge in [0.05, 0.1) is 0 Å². The average molecular weight is 804 g/mol. The highest BCUT2D eigenvalue weighted by molar-refractivity contribution is 14.1. The van der Waals surface area contributed by atoms with Crippen molar-refractivity contribution in [2.45, 2.75) is 76.2 Å². The van der Waals surface area contributed by atoms with Crippen molar-refractivity contribution in [3.63, 3.8) is 0 Å². The Balaban J connectivity index is 1.89. The van der Waals surface area contributed by atoms with Gasteiger partial charge in [-0.05, 0) is 77.1 Å². The van der Waals surface area contributed by atoms with Crippen molar-refractivity contribution in [1.82, 2.24) is 31.5 Å². The molecule has 4 atom stereocenters. The summed E-state index contributed by atoms with van der Waals surface area (Å²) in [6.45, 7) is 1.91. The summed E-state index contributed by atoms with van der Waals surface area (Å²) < 4.78 is 0.979. The van der Waals surface area contributed by atoms with Crippen molar-refractivity contribution in [1.29, 1.82) is 10.8 Å². The van der Waals surface area contributed by atoms with Crippen LogP contribution in [0.1, 0.15) is 49.3 Å². The van der Waals surface area contributed by atoms with Gasteiger partial charge in [-0.15, -0.1) is 0 Å². The summed E-state index contributed by atoms with van der Waals surface area (Å²) in [7, 11) is 0. The maximum atomic E-state index is 14.3. The number of carbonyl (C=O) groups excluding carboxylic acids is 5. The lowest BCUT2D eigenvalue weighted by Gasteiger charge is -2.37. The Labute approximate surface area is 304 Å². The van der Waals surface area contributed by atoms with E-state index >= 15 is 0 Å². The van der Waals surface area contributed by atoms with Crippen LogP contribution in [0.25, 0.3) is 0 Å². The van der Waals surface area contributed by atoms with Gasteiger partial charge >= 0.3 is 0 Å². The Morgan fingerprint density at radius 2 is 1.32 bits per heavy atom. The molecule has 13 N–H and O–H groups in total. The summed E-state index contributed by atoms with van der Waals surface area (Å²) in [5.74, 6) is -3.39. The van der Waals surface area contributed by atoms with E-state index in [4.69, 9.17) is 28.0 Å². The molecule has 50 heavy (non-hydrogen) atoms. The molecule has 0 unspecified atom stereocenters. The van der Waals surface area contributed by atoms with Crippen LogP contribution in [-0.2, 0) is 43.4 Å². The van der Waals surface area contributed by atoms with E-state index in [-0.39, 0.29) is 57.2 Å². The average Bonchev–Trinajstić information content (AvgIpc) is 3.06. The SMILES string of the molecule is CC(=O)N[C@@H](CCCNC(=N)N)C(=O)N[C@@H](CCCNC(=N)N)C(=O)N[C@H](Cc1ccc(I)cc1)C(=O)N1Cc2ccccc2C[C@H]1C(N)=O. The normalized spacial score (nSPS) is 15.3. The van der Waals surface area contributed by atoms with Crippen LogP contribution in [0.5, 0.6) is 0 Å². The van der Waals surface area contributed by atoms with Gasteiger partial charge in [0.1, 0.15) is 24.2 Å². The number of guanidine groups is 2. The van der Waals surface area contributed by atoms with Crippen molar-refractivity contribution in [3.05, 3.63) is 68.8 Å². The molecule has 5 amide bonds. The maximum absolute atomic E-state index is 14.3. The molecule has 1 aliphatic rings. The van der Waals surface area contributed by atoms with Gasteiger partial charge < -0.3 is 48.7 Å². The number of nitrogens with two attached hydrogens (primary N) is 3. The predicted octanol–water partition coefficient (Wildman–Crippen LogP) is -0.727. The number of rotatable bonds is 17. The van der Waals surface area contributed by atoms with Crippen molar-refractivity contribution in [2.75, 3.05) is 13.1 Å². The lowest BCUT2D eigenvalue weighted by Crippen LogP contribution is -2.60. The van der Waals surface area contributed by atoms with Crippen LogP contribution in [-0.4, -0.2) is 83.6 Å². The van der Waals surface area contributed by atoms with Gasteiger partial charge in [0.2, 0.25) is 29.5 Å². The number of hydrogen-bond donors (Lipinski definition) is 10. The Bertz CT molecular complexity index is 1550. The maximum Gasteiger partial charge on any atom is 0.246 e. The molecule has 2 aromatic rings. The third-order valence-corrected chi connectivity index (χ3v) is 8.84. The minimum Gasteiger partial charge on any atom is -0.370 e. The van der Waals surface area contributed by atoms with Gasteiger partial charge in [-0.3, -0.25) is 34.8 Å². The second kappa shape index (κ2) is 19.3. The van der Waals surface area contributed by atoms with E-state index < -0.39 is 53.7 Å². The zero-order valence-corrected chi connectivity index (χ0v) is 30.0. The first-order valence-electron chi connectivity index (χ1n) is 16.2. The molecule has 0 bridgehead atoms. The number of primary amides is 1. The highest BCUT2D eigenvalue weighted by atomic mass is 127. The third-order valence-electron chi connectivity index (χ3n) is 8.12. The van der Waals surface area contributed by atoms with Crippen LogP contribution in [0.15, 0.2) is 48.5 Å². The number of hydrogen-bond acceptors (Lipinski definition) is 7. The van der Waals surface area contributed by atoms with E-state index in [1.54, 1.807) is 0 Å². The van der Waals surface area contributed by atoms with Crippen LogP contribution in [0.4, 0.5) is 0 Å². The fraction of sp³-hybridized carbons (Fsp3) is 0.424. The summed E-state index contributed by atoms with van der Waals surface area (Å²) >= 11 is 2.17. The fourth-order valence-electron chi connectivity index (χ4n) is 5.65. The summed E-state index contributed by atoms with van der Waals surface area (Å²) in [6, 6.07) is 10.7. The van der Waals surface area contributed by atoms with E-state index in [0.29, 0.717) is 12.8 Å². The van der Waals surface area contributed by atoms with Gasteiger partial charge in [-0.1, -0.05) is 36.4 Å². The predicted molar refractivity (Wildman–Crippen MR) is 196 cm³/mol. The summed E-state index contributed by atoms with van der Waals surface area (Å²) in [4.78, 5) is 67.8. The second-order valence-electron chi connectivity index (χ2n) is 12.0. The molecule has 0 saturated heterocycles. The summed E-state index contributed by atoms with van der Waals surface area (Å²) in [6.07, 6.45) is 1.30. The third kappa shape index (κ3) is 12.5. The molecule has 0 fully saturated rings. The molecule has 0 radical (unpaired) electrons. The Morgan fingerprint density at radius 1 is 0.800 bits per heavy atom. The molecular weight excluding hydrogens is 757 g/mol. The zero-order chi connectivity index (χ0) is 36.8. The van der Waals surface area contributed by atoms with Crippen molar-refractivity contribution in [2.24, 2.45) is 17.2 Å². The van der Waals surface area contributed by atoms with Crippen molar-refractivity contribution >= 4 is 64.0 Å². The van der Waals surface area contributed by atoms with Gasteiger partial charge in [0, 0.05) is 43.0 Å². The molecule has 270 valence electrons. The first kappa shape index (κ1) is 39.5. The van der Waals surface area contributed by atoms with E-state index in [9.17, 15) is 24.0 Å². The summed E-state index contributed by atoms with van der Waals surface area (Å²) in [5.41, 5.74) is 19.1. The number of benzene rings is 2. The molecular formula is C33H46IN11O5. The van der Waals surface area contributed by atoms with E-state index in [2.05, 4.69) is 49.2 Å². The number of carbonyl (C=O) groups is 5. The van der Waals surface area contributed by atoms with E-state index in [1.807, 2.05) is 48.5 Å². The standard InChI is InChI=1S/C33H46IN11O5/c1-19(46)42-24(8-4-14-40-32(36)37)29(48)43-25(9-5-15-41-33(38)39)30(49)44-26(16-20-10-12-23(34)13-11-20)31(50)45-18-22-7-3-2-6-21(22)17-27(45)28(35)47/h2-3,6-7,10-13,24-27H,4-5,8-9,14-18H2,1H3,(H2,35,47)(H,42,46)(H,43,48)(H,44,49)(H4,36,37,40)(H4,38,39,41)/t24-,25-,26+,27-/m0/s1. The zero-order valence-electron chi connectivity index (χ0n) is 27.9. The topological polar surface area (TPSA) is 274 Å². The summed E-state index contributed by atoms with van der Waals surface area (Å²) in [5, 5.41) is 28.2. The largest absolute Gasteiger partial charge is 0.370 e. The molecule has 1 aliphatic heterocycles. The first-order valence-corrected chi connectivity index (χ1v) is 17.3. The van der Waals surface area contributed by atoms with Gasteiger partial charge in [0.25, 0.3) is 0 Å². The highest BCUT2D eigenvalue weighted by Crippen LogP contribution is 2.25. The van der Waals surface area contributed by atoms with Crippen molar-refractivity contribution in [3.8, 4) is 0 Å². The quantitative estimate of drug-likeness (QED) is 0.0418. The van der Waals surface area contributed by atoms with Crippen LogP contribution in [0, 0.1) is 14.4 Å². The van der Waals surface area contributed by atoms with E-state index in [0.717, 1.165) is 20.3 Å². The van der Waals surface area contributed by atoms with Gasteiger partial charge in [0.15, 0.2) is 11.9 Å². The minimum atomic E-state index is -1.15. The highest BCUT2D eigenvalue weighted by Gasteiger charge is 2.38. The van der Waals surface area contributed by atoms with Gasteiger partial charge in [-0.2, -0.15) is 0 Å². The number of nitrogens with one attached hydrogen (secondary N) is 7. The Hall–Kier alpha value is -4.94. The van der Waals surface area contributed by atoms with E-state index in [1.165, 1.54) is 11.8 Å². The molecule has 0 spiro atoms. The monoisotopic (exact) mass is 803 g/mol. The molecule has 1 heterocycles.